The van der Waals surface area contributed by atoms with E-state index in [0.717, 1.165) is 11.0 Å². The number of ether oxygens (including phenoxy) is 2. The Morgan fingerprint density at radius 2 is 1.92 bits per heavy atom. The number of aromatic amines is 1. The number of hydrogen-bond donors (Lipinski definition) is 1. The van der Waals surface area contributed by atoms with Crippen LogP contribution in [0.25, 0.3) is 11.0 Å². The van der Waals surface area contributed by atoms with Crippen molar-refractivity contribution in [1.82, 2.24) is 9.97 Å². The minimum atomic E-state index is 0.676. The van der Waals surface area contributed by atoms with Gasteiger partial charge in [0.15, 0.2) is 17.8 Å². The third-order valence-corrected chi connectivity index (χ3v) is 1.87. The van der Waals surface area contributed by atoms with Crippen molar-refractivity contribution in [2.75, 3.05) is 14.2 Å². The summed E-state index contributed by atoms with van der Waals surface area (Å²) in [4.78, 5) is 6.86. The van der Waals surface area contributed by atoms with Crippen LogP contribution < -0.4 is 9.47 Å². The highest BCUT2D eigenvalue weighted by Crippen LogP contribution is 2.30. The van der Waals surface area contributed by atoms with Crippen molar-refractivity contribution < 1.29 is 9.47 Å². The number of nitrogens with one attached hydrogen (secondary N) is 1. The van der Waals surface area contributed by atoms with Crippen molar-refractivity contribution in [3.05, 3.63) is 18.5 Å². The lowest BCUT2D eigenvalue weighted by atomic mass is 10.3. The van der Waals surface area contributed by atoms with Gasteiger partial charge in [0.1, 0.15) is 0 Å². The number of H-pyrrole nitrogens is 1. The number of imidazole rings is 1. The lowest BCUT2D eigenvalue weighted by Crippen LogP contribution is -1.89. The molecule has 0 atom stereocenters. The smallest absolute Gasteiger partial charge is 0.174 e. The molecular formula is C9H9N2O2. The molecule has 67 valence electrons. The summed E-state index contributed by atoms with van der Waals surface area (Å²) in [6.45, 7) is 0. The van der Waals surface area contributed by atoms with Crippen molar-refractivity contribution in [2.45, 2.75) is 0 Å². The van der Waals surface area contributed by atoms with Gasteiger partial charge >= 0.3 is 0 Å². The average Bonchev–Trinajstić information content (AvgIpc) is 2.62. The molecule has 4 nitrogen and oxygen atoms in total. The molecule has 1 aromatic heterocycles. The molecule has 2 aromatic rings. The second-order valence-electron chi connectivity index (χ2n) is 2.57. The van der Waals surface area contributed by atoms with Crippen LogP contribution in [0.5, 0.6) is 11.5 Å². The summed E-state index contributed by atoms with van der Waals surface area (Å²) in [5.41, 5.74) is 1.70. The predicted octanol–water partition coefficient (Wildman–Crippen LogP) is 1.38. The lowest BCUT2D eigenvalue weighted by Gasteiger charge is -2.06. The molecule has 1 heterocycles. The van der Waals surface area contributed by atoms with Crippen LogP contribution in [0.4, 0.5) is 0 Å². The molecule has 2 rings (SSSR count). The van der Waals surface area contributed by atoms with E-state index in [1.165, 1.54) is 0 Å². The first-order chi connectivity index (χ1) is 6.35. The van der Waals surface area contributed by atoms with Crippen LogP contribution >= 0.6 is 0 Å². The van der Waals surface area contributed by atoms with Crippen LogP contribution in [0.3, 0.4) is 0 Å². The van der Waals surface area contributed by atoms with Crippen LogP contribution in [0, 0.1) is 6.33 Å². The molecule has 13 heavy (non-hydrogen) atoms. The first-order valence-corrected chi connectivity index (χ1v) is 3.83. The normalized spacial score (nSPS) is 10.3. The summed E-state index contributed by atoms with van der Waals surface area (Å²) >= 11 is 0. The predicted molar refractivity (Wildman–Crippen MR) is 48.0 cm³/mol. The zero-order chi connectivity index (χ0) is 9.26. The van der Waals surface area contributed by atoms with Crippen molar-refractivity contribution in [1.29, 1.82) is 0 Å². The minimum Gasteiger partial charge on any atom is -0.493 e. The van der Waals surface area contributed by atoms with Gasteiger partial charge in [-0.15, -0.1) is 0 Å². The van der Waals surface area contributed by atoms with Gasteiger partial charge in [0.25, 0.3) is 0 Å². The molecule has 0 amide bonds. The van der Waals surface area contributed by atoms with Gasteiger partial charge in [0.05, 0.1) is 25.3 Å². The Labute approximate surface area is 75.5 Å². The molecule has 0 bridgehead atoms. The van der Waals surface area contributed by atoms with E-state index < -0.39 is 0 Å². The third kappa shape index (κ3) is 1.20. The molecule has 0 saturated heterocycles. The number of aromatic nitrogens is 2. The van der Waals surface area contributed by atoms with E-state index in [0.29, 0.717) is 11.5 Å². The van der Waals surface area contributed by atoms with Gasteiger partial charge in [0.2, 0.25) is 0 Å². The first kappa shape index (κ1) is 7.91. The highest BCUT2D eigenvalue weighted by molar-refractivity contribution is 5.78. The van der Waals surface area contributed by atoms with Crippen LogP contribution in [-0.4, -0.2) is 24.2 Å². The molecule has 1 aromatic carbocycles. The topological polar surface area (TPSA) is 47.1 Å². The minimum absolute atomic E-state index is 0.676. The van der Waals surface area contributed by atoms with E-state index in [1.54, 1.807) is 20.3 Å². The van der Waals surface area contributed by atoms with E-state index in [9.17, 15) is 0 Å². The van der Waals surface area contributed by atoms with Crippen LogP contribution in [0.2, 0.25) is 0 Å². The molecule has 0 fully saturated rings. The van der Waals surface area contributed by atoms with Gasteiger partial charge in [-0.1, -0.05) is 0 Å². The fraction of sp³-hybridized carbons (Fsp3) is 0.222. The summed E-state index contributed by atoms with van der Waals surface area (Å²) in [6.07, 6.45) is 2.65. The average molecular weight is 177 g/mol. The summed E-state index contributed by atoms with van der Waals surface area (Å²) < 4.78 is 10.2. The summed E-state index contributed by atoms with van der Waals surface area (Å²) in [5.74, 6) is 1.36. The maximum atomic E-state index is 5.13. The molecule has 0 aliphatic carbocycles. The number of fused-ring (bicyclic) bond motifs is 1. The molecule has 1 N–H and O–H groups in total. The summed E-state index contributed by atoms with van der Waals surface area (Å²) in [7, 11) is 3.20. The molecular weight excluding hydrogens is 168 g/mol. The van der Waals surface area contributed by atoms with E-state index in [4.69, 9.17) is 9.47 Å². The van der Waals surface area contributed by atoms with Gasteiger partial charge < -0.3 is 14.5 Å². The Balaban J connectivity index is 2.67. The van der Waals surface area contributed by atoms with Crippen LogP contribution in [0.1, 0.15) is 0 Å². The van der Waals surface area contributed by atoms with Crippen LogP contribution in [-0.2, 0) is 0 Å². The number of benzene rings is 1. The fourth-order valence-corrected chi connectivity index (χ4v) is 1.21. The van der Waals surface area contributed by atoms with Gasteiger partial charge in [-0.05, 0) is 0 Å². The van der Waals surface area contributed by atoms with Crippen molar-refractivity contribution in [3.63, 3.8) is 0 Å². The van der Waals surface area contributed by atoms with E-state index in [-0.39, 0.29) is 0 Å². The van der Waals surface area contributed by atoms with Crippen LogP contribution in [0.15, 0.2) is 12.1 Å². The zero-order valence-electron chi connectivity index (χ0n) is 7.42. The highest BCUT2D eigenvalue weighted by Gasteiger charge is 2.06. The van der Waals surface area contributed by atoms with E-state index in [2.05, 4.69) is 16.3 Å². The molecule has 0 aliphatic heterocycles. The molecule has 1 radical (unpaired) electrons. The van der Waals surface area contributed by atoms with Gasteiger partial charge in [-0.3, -0.25) is 0 Å². The molecule has 0 unspecified atom stereocenters. The quantitative estimate of drug-likeness (QED) is 0.753. The number of methoxy groups -OCH3 is 2. The molecule has 0 saturated carbocycles. The second-order valence-corrected chi connectivity index (χ2v) is 2.57. The van der Waals surface area contributed by atoms with E-state index >= 15 is 0 Å². The standard InChI is InChI=1S/C9H9N2O2/c1-12-8-3-6-7(11-5-10-6)4-9(8)13-2/h3-4H,1-2H3,(H,10,11). The SMILES string of the molecule is COc1cc2n[c][nH]c2cc1OC. The lowest BCUT2D eigenvalue weighted by molar-refractivity contribution is 0.356. The second kappa shape index (κ2) is 2.97. The maximum Gasteiger partial charge on any atom is 0.174 e. The van der Waals surface area contributed by atoms with Crippen molar-refractivity contribution >= 4 is 11.0 Å². The maximum absolute atomic E-state index is 5.13. The van der Waals surface area contributed by atoms with Gasteiger partial charge in [-0.25, -0.2) is 4.98 Å². The Morgan fingerprint density at radius 3 is 2.62 bits per heavy atom. The number of rotatable bonds is 2. The number of nitrogens with zero attached hydrogens (tertiary/aromatic N) is 1. The Kier molecular flexibility index (Phi) is 1.81. The molecule has 0 spiro atoms. The Morgan fingerprint density at radius 1 is 1.23 bits per heavy atom. The summed E-state index contributed by atoms with van der Waals surface area (Å²) in [6, 6.07) is 3.64. The molecule has 4 heteroatoms. The highest BCUT2D eigenvalue weighted by atomic mass is 16.5. The number of hydrogen-bond acceptors (Lipinski definition) is 3. The van der Waals surface area contributed by atoms with Crippen molar-refractivity contribution in [3.8, 4) is 11.5 Å². The first-order valence-electron chi connectivity index (χ1n) is 3.83. The largest absolute Gasteiger partial charge is 0.493 e. The molecule has 0 aliphatic rings. The third-order valence-electron chi connectivity index (χ3n) is 1.87. The zero-order valence-corrected chi connectivity index (χ0v) is 7.42. The van der Waals surface area contributed by atoms with Gasteiger partial charge in [0, 0.05) is 12.1 Å². The Hall–Kier alpha value is -1.71. The fourth-order valence-electron chi connectivity index (χ4n) is 1.21. The summed E-state index contributed by atoms with van der Waals surface area (Å²) in [5, 5.41) is 0. The Bertz CT molecular complexity index is 384. The van der Waals surface area contributed by atoms with Gasteiger partial charge in [-0.2, -0.15) is 0 Å². The van der Waals surface area contributed by atoms with Crippen molar-refractivity contribution in [2.24, 2.45) is 0 Å². The van der Waals surface area contributed by atoms with E-state index in [1.807, 2.05) is 6.07 Å². The monoisotopic (exact) mass is 177 g/mol.